The van der Waals surface area contributed by atoms with Gasteiger partial charge in [0.1, 0.15) is 5.75 Å². The highest BCUT2D eigenvalue weighted by molar-refractivity contribution is 5.99. The van der Waals surface area contributed by atoms with E-state index in [1.54, 1.807) is 19.2 Å². The lowest BCUT2D eigenvalue weighted by Gasteiger charge is -2.22. The average molecular weight is 477 g/mol. The van der Waals surface area contributed by atoms with Crippen LogP contribution in [-0.2, 0) is 20.7 Å². The molecule has 35 heavy (non-hydrogen) atoms. The van der Waals surface area contributed by atoms with Crippen molar-refractivity contribution in [2.75, 3.05) is 26.3 Å². The number of pyridine rings is 1. The normalized spacial score (nSPS) is 19.8. The molecule has 2 fully saturated rings. The highest BCUT2D eigenvalue weighted by Gasteiger charge is 2.36. The number of aromatic nitrogens is 1. The van der Waals surface area contributed by atoms with Gasteiger partial charge in [-0.1, -0.05) is 31.0 Å². The predicted octanol–water partition coefficient (Wildman–Crippen LogP) is 5.08. The van der Waals surface area contributed by atoms with Crippen molar-refractivity contribution in [1.82, 2.24) is 9.88 Å². The minimum Gasteiger partial charge on any atom is -0.494 e. The Morgan fingerprint density at radius 3 is 2.49 bits per heavy atom. The van der Waals surface area contributed by atoms with E-state index in [0.717, 1.165) is 37.2 Å². The molecule has 0 N–H and O–H groups in total. The van der Waals surface area contributed by atoms with E-state index in [0.29, 0.717) is 24.0 Å². The van der Waals surface area contributed by atoms with E-state index in [4.69, 9.17) is 9.47 Å². The monoisotopic (exact) mass is 476 g/mol. The van der Waals surface area contributed by atoms with Crippen LogP contribution in [-0.4, -0.2) is 48.1 Å². The van der Waals surface area contributed by atoms with Crippen molar-refractivity contribution < 1.29 is 19.1 Å². The zero-order valence-corrected chi connectivity index (χ0v) is 20.7. The van der Waals surface area contributed by atoms with Gasteiger partial charge in [0.15, 0.2) is 0 Å². The van der Waals surface area contributed by atoms with Crippen LogP contribution in [0.3, 0.4) is 0 Å². The van der Waals surface area contributed by atoms with Gasteiger partial charge < -0.3 is 14.4 Å². The van der Waals surface area contributed by atoms with Crippen molar-refractivity contribution in [1.29, 1.82) is 0 Å². The molecular formula is C29H36N2O4. The molecule has 1 aliphatic heterocycles. The van der Waals surface area contributed by atoms with Crippen LogP contribution in [0.4, 0.5) is 0 Å². The Labute approximate surface area is 208 Å². The molecule has 2 aliphatic rings. The van der Waals surface area contributed by atoms with E-state index in [9.17, 15) is 9.59 Å². The van der Waals surface area contributed by atoms with E-state index >= 15 is 0 Å². The molecule has 1 amide bonds. The summed E-state index contributed by atoms with van der Waals surface area (Å²) in [7, 11) is 0. The van der Waals surface area contributed by atoms with Crippen molar-refractivity contribution in [3.05, 3.63) is 65.5 Å². The molecule has 2 heterocycles. The van der Waals surface area contributed by atoms with Gasteiger partial charge >= 0.3 is 5.97 Å². The molecule has 2 atom stereocenters. The van der Waals surface area contributed by atoms with Gasteiger partial charge in [0.2, 0.25) is 5.91 Å². The third-order valence-electron chi connectivity index (χ3n) is 7.03. The maximum absolute atomic E-state index is 13.1. The van der Waals surface area contributed by atoms with Crippen LogP contribution in [0, 0.1) is 11.8 Å². The molecule has 0 spiro atoms. The number of hydrogen-bond acceptors (Lipinski definition) is 5. The molecule has 1 aliphatic carbocycles. The third kappa shape index (κ3) is 7.17. The smallest absolute Gasteiger partial charge is 0.334 e. The van der Waals surface area contributed by atoms with Gasteiger partial charge in [-0.3, -0.25) is 9.78 Å². The molecule has 1 saturated heterocycles. The maximum atomic E-state index is 13.1. The minimum atomic E-state index is -0.423. The van der Waals surface area contributed by atoms with E-state index in [1.165, 1.54) is 31.2 Å². The Bertz CT molecular complexity index is 989. The van der Waals surface area contributed by atoms with Crippen LogP contribution in [0.5, 0.6) is 5.75 Å². The summed E-state index contributed by atoms with van der Waals surface area (Å²) < 4.78 is 11.1. The number of carbonyl (C=O) groups excluding carboxylic acids is 2. The number of aryl methyl sites for hydroxylation is 1. The Hall–Kier alpha value is -3.15. The fraction of sp³-hybridized carbons (Fsp3) is 0.483. The number of esters is 1. The zero-order valence-electron chi connectivity index (χ0n) is 20.7. The number of amides is 1. The van der Waals surface area contributed by atoms with Gasteiger partial charge in [0.25, 0.3) is 0 Å². The van der Waals surface area contributed by atoms with E-state index in [-0.39, 0.29) is 18.9 Å². The number of rotatable bonds is 10. The number of benzene rings is 1. The second kappa shape index (κ2) is 12.5. The zero-order chi connectivity index (χ0) is 24.5. The molecule has 2 aromatic rings. The lowest BCUT2D eigenvalue weighted by molar-refractivity contribution is -0.140. The molecule has 186 valence electrons. The average Bonchev–Trinajstić information content (AvgIpc) is 3.32. The fourth-order valence-corrected chi connectivity index (χ4v) is 5.16. The van der Waals surface area contributed by atoms with Gasteiger partial charge in [-0.15, -0.1) is 0 Å². The van der Waals surface area contributed by atoms with Crippen LogP contribution < -0.4 is 4.74 Å². The van der Waals surface area contributed by atoms with Crippen molar-refractivity contribution in [3.8, 4) is 5.75 Å². The largest absolute Gasteiger partial charge is 0.494 e. The lowest BCUT2D eigenvalue weighted by atomic mass is 9.82. The lowest BCUT2D eigenvalue weighted by Crippen LogP contribution is -2.30. The number of hydrogen-bond donors (Lipinski definition) is 0. The van der Waals surface area contributed by atoms with Crippen LogP contribution in [0.25, 0.3) is 6.08 Å². The summed E-state index contributed by atoms with van der Waals surface area (Å²) in [4.78, 5) is 31.8. The van der Waals surface area contributed by atoms with Gasteiger partial charge in [0.05, 0.1) is 19.6 Å². The Morgan fingerprint density at radius 2 is 1.83 bits per heavy atom. The quantitative estimate of drug-likeness (QED) is 0.272. The summed E-state index contributed by atoms with van der Waals surface area (Å²) in [5.41, 5.74) is 2.45. The molecule has 6 heteroatoms. The second-order valence-corrected chi connectivity index (χ2v) is 9.55. The van der Waals surface area contributed by atoms with Gasteiger partial charge in [-0.2, -0.15) is 0 Å². The fourth-order valence-electron chi connectivity index (χ4n) is 5.16. The molecule has 1 aromatic carbocycles. The first kappa shape index (κ1) is 25.0. The summed E-state index contributed by atoms with van der Waals surface area (Å²) >= 11 is 0. The molecule has 0 unspecified atom stereocenters. The van der Waals surface area contributed by atoms with Gasteiger partial charge in [-0.05, 0) is 79.8 Å². The summed E-state index contributed by atoms with van der Waals surface area (Å²) in [6.45, 7) is 4.33. The van der Waals surface area contributed by atoms with Crippen molar-refractivity contribution >= 4 is 18.0 Å². The summed E-state index contributed by atoms with van der Waals surface area (Å²) in [6.07, 6.45) is 12.3. The maximum Gasteiger partial charge on any atom is 0.334 e. The minimum absolute atomic E-state index is 0.0206. The van der Waals surface area contributed by atoms with E-state index < -0.39 is 5.97 Å². The second-order valence-electron chi connectivity index (χ2n) is 9.55. The molecule has 6 nitrogen and oxygen atoms in total. The molecule has 1 aromatic heterocycles. The molecule has 4 rings (SSSR count). The molecule has 0 radical (unpaired) electrons. The van der Waals surface area contributed by atoms with Crippen molar-refractivity contribution in [2.45, 2.75) is 51.9 Å². The first-order chi connectivity index (χ1) is 17.1. The highest BCUT2D eigenvalue weighted by Crippen LogP contribution is 2.36. The topological polar surface area (TPSA) is 68.7 Å². The standard InChI is InChI=1S/C29H36N2O4/c1-2-34-29(33)26(18-28(32)31-20-24-9-3-4-10-25(24)21-31)17-22-11-13-27(14-12-22)35-16-6-8-23-7-5-15-30-19-23/h5,7,11-15,17,19,24-25H,2-4,6,8-10,16,18,20-21H2,1H3/b26-17+/t24-,25+. The summed E-state index contributed by atoms with van der Waals surface area (Å²) in [5.74, 6) is 1.63. The van der Waals surface area contributed by atoms with Crippen LogP contribution in [0.2, 0.25) is 0 Å². The predicted molar refractivity (Wildman–Crippen MR) is 136 cm³/mol. The third-order valence-corrected chi connectivity index (χ3v) is 7.03. The summed E-state index contributed by atoms with van der Waals surface area (Å²) in [6, 6.07) is 11.6. The Balaban J connectivity index is 1.33. The SMILES string of the molecule is CCOC(=O)/C(=C/c1ccc(OCCCc2cccnc2)cc1)CC(=O)N1C[C@H]2CCCC[C@H]2C1. The van der Waals surface area contributed by atoms with E-state index in [1.807, 2.05) is 41.4 Å². The molecule has 0 bridgehead atoms. The van der Waals surface area contributed by atoms with E-state index in [2.05, 4.69) is 11.1 Å². The van der Waals surface area contributed by atoms with Crippen LogP contribution in [0.1, 0.15) is 56.6 Å². The first-order valence-electron chi connectivity index (χ1n) is 12.9. The molecule has 1 saturated carbocycles. The Kier molecular flexibility index (Phi) is 8.93. The van der Waals surface area contributed by atoms with Gasteiger partial charge in [-0.25, -0.2) is 4.79 Å². The Morgan fingerprint density at radius 1 is 1.09 bits per heavy atom. The highest BCUT2D eigenvalue weighted by atomic mass is 16.5. The van der Waals surface area contributed by atoms with Crippen LogP contribution >= 0.6 is 0 Å². The number of carbonyl (C=O) groups is 2. The first-order valence-corrected chi connectivity index (χ1v) is 12.9. The van der Waals surface area contributed by atoms with Crippen molar-refractivity contribution in [2.24, 2.45) is 11.8 Å². The number of likely N-dealkylation sites (tertiary alicyclic amines) is 1. The number of nitrogens with zero attached hydrogens (tertiary/aromatic N) is 2. The summed E-state index contributed by atoms with van der Waals surface area (Å²) in [5, 5.41) is 0. The molecular weight excluding hydrogens is 440 g/mol. The number of fused-ring (bicyclic) bond motifs is 1. The number of ether oxygens (including phenoxy) is 2. The van der Waals surface area contributed by atoms with Gasteiger partial charge in [0, 0.05) is 31.1 Å². The van der Waals surface area contributed by atoms with Crippen LogP contribution in [0.15, 0.2) is 54.4 Å². The van der Waals surface area contributed by atoms with Crippen molar-refractivity contribution in [3.63, 3.8) is 0 Å².